The molecule has 2 rings (SSSR count). The van der Waals surface area contributed by atoms with E-state index >= 15 is 0 Å². The lowest BCUT2D eigenvalue weighted by Crippen LogP contribution is -2.19. The third-order valence-corrected chi connectivity index (χ3v) is 2.64. The summed E-state index contributed by atoms with van der Waals surface area (Å²) in [7, 11) is 1.90. The molecule has 90 valence electrons. The van der Waals surface area contributed by atoms with Crippen LogP contribution in [-0.4, -0.2) is 16.8 Å². The molecule has 1 atom stereocenters. The Bertz CT molecular complexity index is 453. The zero-order valence-corrected chi connectivity index (χ0v) is 10.1. The Morgan fingerprint density at radius 3 is 2.82 bits per heavy atom. The first-order valence-electron chi connectivity index (χ1n) is 5.68. The molecule has 1 aromatic heterocycles. The average molecular weight is 231 g/mol. The van der Waals surface area contributed by atoms with Gasteiger partial charge >= 0.3 is 0 Å². The normalized spacial score (nSPS) is 12.4. The van der Waals surface area contributed by atoms with Crippen LogP contribution in [0.5, 0.6) is 5.75 Å². The van der Waals surface area contributed by atoms with Crippen molar-refractivity contribution in [1.29, 1.82) is 0 Å². The van der Waals surface area contributed by atoms with E-state index in [-0.39, 0.29) is 6.17 Å². The van der Waals surface area contributed by atoms with Crippen LogP contribution >= 0.6 is 0 Å². The van der Waals surface area contributed by atoms with E-state index in [1.165, 1.54) is 0 Å². The molecule has 0 fully saturated rings. The minimum atomic E-state index is 0.170. The molecule has 1 unspecified atom stereocenters. The van der Waals surface area contributed by atoms with Crippen LogP contribution < -0.4 is 10.1 Å². The van der Waals surface area contributed by atoms with Gasteiger partial charge in [-0.2, -0.15) is 5.10 Å². The lowest BCUT2D eigenvalue weighted by atomic mass is 10.2. The monoisotopic (exact) mass is 231 g/mol. The molecule has 0 aliphatic heterocycles. The van der Waals surface area contributed by atoms with Gasteiger partial charge in [-0.15, -0.1) is 0 Å². The van der Waals surface area contributed by atoms with Gasteiger partial charge in [0.2, 0.25) is 0 Å². The fourth-order valence-corrected chi connectivity index (χ4v) is 1.48. The Balaban J connectivity index is 1.94. The standard InChI is InChI=1S/C13H17N3O/c1-11(14-2)16-9-13(8-15-16)17-10-12-6-4-3-5-7-12/h3-9,11,14H,10H2,1-2H3. The van der Waals surface area contributed by atoms with Crippen molar-refractivity contribution in [3.63, 3.8) is 0 Å². The fourth-order valence-electron chi connectivity index (χ4n) is 1.48. The number of nitrogens with one attached hydrogen (secondary N) is 1. The Kier molecular flexibility index (Phi) is 3.77. The van der Waals surface area contributed by atoms with Gasteiger partial charge < -0.3 is 4.74 Å². The maximum absolute atomic E-state index is 5.66. The predicted molar refractivity (Wildman–Crippen MR) is 66.8 cm³/mol. The third kappa shape index (κ3) is 3.07. The number of nitrogens with zero attached hydrogens (tertiary/aromatic N) is 2. The summed E-state index contributed by atoms with van der Waals surface area (Å²) >= 11 is 0. The zero-order valence-electron chi connectivity index (χ0n) is 10.1. The first kappa shape index (κ1) is 11.7. The van der Waals surface area contributed by atoms with Crippen molar-refractivity contribution in [2.45, 2.75) is 19.7 Å². The second-order valence-corrected chi connectivity index (χ2v) is 3.89. The van der Waals surface area contributed by atoms with E-state index in [9.17, 15) is 0 Å². The van der Waals surface area contributed by atoms with Crippen molar-refractivity contribution in [3.8, 4) is 5.75 Å². The summed E-state index contributed by atoms with van der Waals surface area (Å²) in [6.45, 7) is 2.61. The van der Waals surface area contributed by atoms with Crippen molar-refractivity contribution in [3.05, 3.63) is 48.3 Å². The van der Waals surface area contributed by atoms with Crippen LogP contribution in [0.3, 0.4) is 0 Å². The van der Waals surface area contributed by atoms with Crippen LogP contribution in [0.25, 0.3) is 0 Å². The lowest BCUT2D eigenvalue weighted by molar-refractivity contribution is 0.305. The number of rotatable bonds is 5. The largest absolute Gasteiger partial charge is 0.486 e. The molecule has 0 aliphatic carbocycles. The van der Waals surface area contributed by atoms with Crippen molar-refractivity contribution >= 4 is 0 Å². The summed E-state index contributed by atoms with van der Waals surface area (Å²) in [6.07, 6.45) is 3.80. The SMILES string of the molecule is CNC(C)n1cc(OCc2ccccc2)cn1. The first-order chi connectivity index (χ1) is 8.29. The van der Waals surface area contributed by atoms with E-state index in [2.05, 4.69) is 10.4 Å². The Hall–Kier alpha value is -1.81. The van der Waals surface area contributed by atoms with Gasteiger partial charge in [-0.05, 0) is 19.5 Å². The molecule has 2 aromatic rings. The average Bonchev–Trinajstić information content (AvgIpc) is 2.85. The van der Waals surface area contributed by atoms with Crippen LogP contribution in [0.2, 0.25) is 0 Å². The molecule has 1 N–H and O–H groups in total. The molecule has 17 heavy (non-hydrogen) atoms. The molecule has 0 saturated heterocycles. The molecule has 1 aromatic carbocycles. The number of aromatic nitrogens is 2. The highest BCUT2D eigenvalue weighted by molar-refractivity contribution is 5.17. The Morgan fingerprint density at radius 2 is 2.12 bits per heavy atom. The Labute approximate surface area is 101 Å². The van der Waals surface area contributed by atoms with Crippen LogP contribution in [0.1, 0.15) is 18.7 Å². The van der Waals surface area contributed by atoms with Crippen molar-refractivity contribution in [2.24, 2.45) is 0 Å². The van der Waals surface area contributed by atoms with Crippen LogP contribution in [0, 0.1) is 0 Å². The molecule has 0 spiro atoms. The fraction of sp³-hybridized carbons (Fsp3) is 0.308. The molecule has 0 radical (unpaired) electrons. The van der Waals surface area contributed by atoms with Gasteiger partial charge in [-0.3, -0.25) is 10.00 Å². The molecule has 1 heterocycles. The van der Waals surface area contributed by atoms with Crippen LogP contribution in [0.4, 0.5) is 0 Å². The first-order valence-corrected chi connectivity index (χ1v) is 5.68. The third-order valence-electron chi connectivity index (χ3n) is 2.64. The summed E-state index contributed by atoms with van der Waals surface area (Å²) in [5.41, 5.74) is 1.15. The number of benzene rings is 1. The van der Waals surface area contributed by atoms with Gasteiger partial charge in [0, 0.05) is 0 Å². The quantitative estimate of drug-likeness (QED) is 0.857. The summed E-state index contributed by atoms with van der Waals surface area (Å²) in [4.78, 5) is 0. The molecule has 0 bridgehead atoms. The highest BCUT2D eigenvalue weighted by atomic mass is 16.5. The molecule has 0 amide bonds. The highest BCUT2D eigenvalue weighted by Gasteiger charge is 2.04. The van der Waals surface area contributed by atoms with E-state index in [1.807, 2.05) is 55.2 Å². The number of hydrogen-bond donors (Lipinski definition) is 1. The highest BCUT2D eigenvalue weighted by Crippen LogP contribution is 2.13. The van der Waals surface area contributed by atoms with Crippen molar-refractivity contribution in [1.82, 2.24) is 15.1 Å². The summed E-state index contributed by atoms with van der Waals surface area (Å²) < 4.78 is 7.49. The maximum atomic E-state index is 5.66. The molecular formula is C13H17N3O. The van der Waals surface area contributed by atoms with Gasteiger partial charge in [0.05, 0.1) is 18.6 Å². The van der Waals surface area contributed by atoms with E-state index in [0.29, 0.717) is 6.61 Å². The summed E-state index contributed by atoms with van der Waals surface area (Å²) in [5.74, 6) is 0.788. The smallest absolute Gasteiger partial charge is 0.157 e. The van der Waals surface area contributed by atoms with Gasteiger partial charge in [0.15, 0.2) is 5.75 Å². The molecular weight excluding hydrogens is 214 g/mol. The predicted octanol–water partition coefficient (Wildman–Crippen LogP) is 2.20. The van der Waals surface area contributed by atoms with Crippen molar-refractivity contribution < 1.29 is 4.74 Å². The summed E-state index contributed by atoms with van der Waals surface area (Å²) in [6, 6.07) is 10.1. The lowest BCUT2D eigenvalue weighted by Gasteiger charge is -2.09. The zero-order chi connectivity index (χ0) is 12.1. The second-order valence-electron chi connectivity index (χ2n) is 3.89. The molecule has 4 nitrogen and oxygen atoms in total. The maximum Gasteiger partial charge on any atom is 0.157 e. The van der Waals surface area contributed by atoms with E-state index < -0.39 is 0 Å². The second kappa shape index (κ2) is 5.50. The van der Waals surface area contributed by atoms with Gasteiger partial charge in [0.25, 0.3) is 0 Å². The minimum Gasteiger partial charge on any atom is -0.486 e. The van der Waals surface area contributed by atoms with E-state index in [0.717, 1.165) is 11.3 Å². The molecule has 0 saturated carbocycles. The molecule has 0 aliphatic rings. The number of hydrogen-bond acceptors (Lipinski definition) is 3. The van der Waals surface area contributed by atoms with Crippen LogP contribution in [-0.2, 0) is 6.61 Å². The van der Waals surface area contributed by atoms with E-state index in [4.69, 9.17) is 4.74 Å². The molecule has 4 heteroatoms. The van der Waals surface area contributed by atoms with Gasteiger partial charge in [0.1, 0.15) is 6.61 Å². The van der Waals surface area contributed by atoms with Gasteiger partial charge in [-0.25, -0.2) is 0 Å². The van der Waals surface area contributed by atoms with E-state index in [1.54, 1.807) is 6.20 Å². The topological polar surface area (TPSA) is 39.1 Å². The Morgan fingerprint density at radius 1 is 1.35 bits per heavy atom. The summed E-state index contributed by atoms with van der Waals surface area (Å²) in [5, 5.41) is 7.34. The van der Waals surface area contributed by atoms with Crippen LogP contribution in [0.15, 0.2) is 42.7 Å². The van der Waals surface area contributed by atoms with Gasteiger partial charge in [-0.1, -0.05) is 30.3 Å². The van der Waals surface area contributed by atoms with Crippen molar-refractivity contribution in [2.75, 3.05) is 7.05 Å². The minimum absolute atomic E-state index is 0.170. The number of ether oxygens (including phenoxy) is 1.